The van der Waals surface area contributed by atoms with Crippen molar-refractivity contribution in [2.24, 2.45) is 0 Å². The van der Waals surface area contributed by atoms with Crippen LogP contribution in [0.5, 0.6) is 11.5 Å². The van der Waals surface area contributed by atoms with Crippen molar-refractivity contribution < 1.29 is 14.3 Å². The van der Waals surface area contributed by atoms with Gasteiger partial charge in [-0.1, -0.05) is 31.5 Å². The van der Waals surface area contributed by atoms with Gasteiger partial charge in [-0.05, 0) is 38.0 Å². The number of nitrogens with zero attached hydrogens (tertiary/aromatic N) is 1. The minimum absolute atomic E-state index is 0.416. The van der Waals surface area contributed by atoms with Gasteiger partial charge >= 0.3 is 5.97 Å². The van der Waals surface area contributed by atoms with Crippen LogP contribution in [0.15, 0.2) is 36.5 Å². The van der Waals surface area contributed by atoms with E-state index in [-0.39, 0.29) is 0 Å². The molecular formula is C18H21NO3. The Morgan fingerprint density at radius 3 is 2.59 bits per heavy atom. The molecule has 0 spiro atoms. The number of aryl methyl sites for hydroxylation is 1. The summed E-state index contributed by atoms with van der Waals surface area (Å²) < 4.78 is 11.1. The molecule has 1 aromatic carbocycles. The van der Waals surface area contributed by atoms with E-state index in [1.165, 1.54) is 0 Å². The first-order chi connectivity index (χ1) is 10.6. The average molecular weight is 299 g/mol. The molecule has 4 nitrogen and oxygen atoms in total. The summed E-state index contributed by atoms with van der Waals surface area (Å²) in [7, 11) is 0. The molecule has 0 aliphatic carbocycles. The van der Waals surface area contributed by atoms with Crippen LogP contribution >= 0.6 is 0 Å². The average Bonchev–Trinajstić information content (AvgIpc) is 2.52. The number of rotatable bonds is 6. The van der Waals surface area contributed by atoms with E-state index in [1.54, 1.807) is 18.3 Å². The zero-order valence-corrected chi connectivity index (χ0v) is 13.3. The largest absolute Gasteiger partial charge is 0.491 e. The molecule has 0 saturated heterocycles. The first-order valence-corrected chi connectivity index (χ1v) is 7.49. The highest BCUT2D eigenvalue weighted by molar-refractivity contribution is 5.95. The van der Waals surface area contributed by atoms with Crippen LogP contribution < -0.4 is 9.47 Å². The number of aromatic nitrogens is 1. The molecule has 116 valence electrons. The van der Waals surface area contributed by atoms with Crippen molar-refractivity contribution in [1.82, 2.24) is 4.98 Å². The predicted molar refractivity (Wildman–Crippen MR) is 85.5 cm³/mol. The molecule has 0 aliphatic heterocycles. The monoisotopic (exact) mass is 299 g/mol. The van der Waals surface area contributed by atoms with E-state index in [1.807, 2.05) is 32.0 Å². The number of ether oxygens (including phenoxy) is 2. The molecule has 0 N–H and O–H groups in total. The molecule has 1 heterocycles. The summed E-state index contributed by atoms with van der Waals surface area (Å²) in [5.74, 6) is 0.582. The van der Waals surface area contributed by atoms with Gasteiger partial charge in [-0.3, -0.25) is 4.98 Å². The SMILES string of the molecule is CCCCOc1cnc(C)c(C)c1C(=O)Oc1ccccc1. The quantitative estimate of drug-likeness (QED) is 0.458. The molecule has 0 amide bonds. The first kappa shape index (κ1) is 16.0. The first-order valence-electron chi connectivity index (χ1n) is 7.49. The number of hydrogen-bond acceptors (Lipinski definition) is 4. The fraction of sp³-hybridized carbons (Fsp3) is 0.333. The summed E-state index contributed by atoms with van der Waals surface area (Å²) in [4.78, 5) is 16.8. The van der Waals surface area contributed by atoms with E-state index in [2.05, 4.69) is 11.9 Å². The van der Waals surface area contributed by atoms with Gasteiger partial charge in [-0.2, -0.15) is 0 Å². The summed E-state index contributed by atoms with van der Waals surface area (Å²) >= 11 is 0. The number of carbonyl (C=O) groups is 1. The third kappa shape index (κ3) is 3.85. The van der Waals surface area contributed by atoms with Crippen LogP contribution in [0, 0.1) is 13.8 Å². The molecule has 0 radical (unpaired) electrons. The van der Waals surface area contributed by atoms with Crippen molar-refractivity contribution in [3.8, 4) is 11.5 Å². The third-order valence-electron chi connectivity index (χ3n) is 3.45. The van der Waals surface area contributed by atoms with E-state index in [0.29, 0.717) is 23.7 Å². The van der Waals surface area contributed by atoms with Gasteiger partial charge in [0.2, 0.25) is 0 Å². The number of esters is 1. The lowest BCUT2D eigenvalue weighted by molar-refractivity contribution is 0.0729. The highest BCUT2D eigenvalue weighted by Gasteiger charge is 2.20. The van der Waals surface area contributed by atoms with Crippen molar-refractivity contribution in [3.05, 3.63) is 53.3 Å². The summed E-state index contributed by atoms with van der Waals surface area (Å²) in [6.45, 7) is 6.37. The maximum atomic E-state index is 12.5. The Balaban J connectivity index is 2.26. The second-order valence-corrected chi connectivity index (χ2v) is 5.11. The Labute approximate surface area is 131 Å². The molecule has 0 unspecified atom stereocenters. The van der Waals surface area contributed by atoms with Gasteiger partial charge in [-0.25, -0.2) is 4.79 Å². The number of unbranched alkanes of at least 4 members (excludes halogenated alkanes) is 1. The fourth-order valence-electron chi connectivity index (χ4n) is 2.02. The maximum absolute atomic E-state index is 12.5. The van der Waals surface area contributed by atoms with Crippen molar-refractivity contribution >= 4 is 5.97 Å². The minimum Gasteiger partial charge on any atom is -0.491 e. The number of para-hydroxylation sites is 1. The second kappa shape index (κ2) is 7.59. The van der Waals surface area contributed by atoms with Crippen molar-refractivity contribution in [1.29, 1.82) is 0 Å². The molecular weight excluding hydrogens is 278 g/mol. The Bertz CT molecular complexity index is 638. The van der Waals surface area contributed by atoms with Crippen LogP contribution in [0.25, 0.3) is 0 Å². The van der Waals surface area contributed by atoms with Crippen LogP contribution in [0.1, 0.15) is 41.4 Å². The Morgan fingerprint density at radius 2 is 1.91 bits per heavy atom. The molecule has 0 bridgehead atoms. The minimum atomic E-state index is -0.416. The van der Waals surface area contributed by atoms with E-state index in [0.717, 1.165) is 24.1 Å². The van der Waals surface area contributed by atoms with Crippen molar-refractivity contribution in [2.75, 3.05) is 6.61 Å². The van der Waals surface area contributed by atoms with E-state index < -0.39 is 5.97 Å². The number of carbonyl (C=O) groups excluding carboxylic acids is 1. The number of pyridine rings is 1. The number of benzene rings is 1. The van der Waals surface area contributed by atoms with Gasteiger partial charge in [-0.15, -0.1) is 0 Å². The van der Waals surface area contributed by atoms with Gasteiger partial charge in [0.25, 0.3) is 0 Å². The molecule has 0 atom stereocenters. The zero-order valence-electron chi connectivity index (χ0n) is 13.3. The van der Waals surface area contributed by atoms with E-state index in [4.69, 9.17) is 9.47 Å². The molecule has 4 heteroatoms. The van der Waals surface area contributed by atoms with E-state index >= 15 is 0 Å². The second-order valence-electron chi connectivity index (χ2n) is 5.11. The molecule has 1 aromatic heterocycles. The number of hydrogen-bond donors (Lipinski definition) is 0. The summed E-state index contributed by atoms with van der Waals surface area (Å²) in [6, 6.07) is 9.02. The topological polar surface area (TPSA) is 48.4 Å². The van der Waals surface area contributed by atoms with Crippen LogP contribution in [0.3, 0.4) is 0 Å². The molecule has 2 aromatic rings. The highest BCUT2D eigenvalue weighted by Crippen LogP contribution is 2.25. The van der Waals surface area contributed by atoms with E-state index in [9.17, 15) is 4.79 Å². The highest BCUT2D eigenvalue weighted by atomic mass is 16.5. The van der Waals surface area contributed by atoms with Gasteiger partial charge in [0.05, 0.1) is 12.8 Å². The Hall–Kier alpha value is -2.36. The van der Waals surface area contributed by atoms with Gasteiger partial charge < -0.3 is 9.47 Å². The van der Waals surface area contributed by atoms with Crippen LogP contribution in [-0.2, 0) is 0 Å². The van der Waals surface area contributed by atoms with Crippen molar-refractivity contribution in [3.63, 3.8) is 0 Å². The molecule has 0 fully saturated rings. The summed E-state index contributed by atoms with van der Waals surface area (Å²) in [5, 5.41) is 0. The Kier molecular flexibility index (Phi) is 5.53. The van der Waals surface area contributed by atoms with Gasteiger partial charge in [0, 0.05) is 5.69 Å². The molecule has 0 saturated carbocycles. The molecule has 2 rings (SSSR count). The predicted octanol–water partition coefficient (Wildman–Crippen LogP) is 4.10. The summed E-state index contributed by atoms with van der Waals surface area (Å²) in [6.07, 6.45) is 3.56. The molecule has 22 heavy (non-hydrogen) atoms. The Morgan fingerprint density at radius 1 is 1.18 bits per heavy atom. The van der Waals surface area contributed by atoms with Crippen LogP contribution in [-0.4, -0.2) is 17.6 Å². The lowest BCUT2D eigenvalue weighted by atomic mass is 10.1. The standard InChI is InChI=1S/C18H21NO3/c1-4-5-11-21-16-12-19-14(3)13(2)17(16)18(20)22-15-9-7-6-8-10-15/h6-10,12H,4-5,11H2,1-3H3. The van der Waals surface area contributed by atoms with Crippen LogP contribution in [0.4, 0.5) is 0 Å². The van der Waals surface area contributed by atoms with Gasteiger partial charge in [0.15, 0.2) is 5.75 Å². The fourth-order valence-corrected chi connectivity index (χ4v) is 2.02. The zero-order chi connectivity index (χ0) is 15.9. The van der Waals surface area contributed by atoms with Gasteiger partial charge in [0.1, 0.15) is 11.3 Å². The molecule has 0 aliphatic rings. The van der Waals surface area contributed by atoms with Crippen LogP contribution in [0.2, 0.25) is 0 Å². The smallest absolute Gasteiger partial charge is 0.347 e. The lowest BCUT2D eigenvalue weighted by Gasteiger charge is -2.14. The lowest BCUT2D eigenvalue weighted by Crippen LogP contribution is -2.14. The summed E-state index contributed by atoms with van der Waals surface area (Å²) in [5.41, 5.74) is 2.03. The third-order valence-corrected chi connectivity index (χ3v) is 3.45. The van der Waals surface area contributed by atoms with Crippen molar-refractivity contribution in [2.45, 2.75) is 33.6 Å². The normalized spacial score (nSPS) is 10.3. The maximum Gasteiger partial charge on any atom is 0.347 e.